The average molecular weight is 355 g/mol. The van der Waals surface area contributed by atoms with Gasteiger partial charge in [0.05, 0.1) is 11.4 Å². The molecule has 0 aliphatic rings. The molecular formula is C15H22N4O2S2. The summed E-state index contributed by atoms with van der Waals surface area (Å²) >= 11 is 2.89. The molecule has 23 heavy (non-hydrogen) atoms. The van der Waals surface area contributed by atoms with E-state index in [1.807, 2.05) is 19.2 Å². The summed E-state index contributed by atoms with van der Waals surface area (Å²) in [6, 6.07) is 1.53. The van der Waals surface area contributed by atoms with Crippen LogP contribution in [-0.4, -0.2) is 46.1 Å². The Morgan fingerprint density at radius 1 is 1.52 bits per heavy atom. The minimum atomic E-state index is -0.0878. The highest BCUT2D eigenvalue weighted by Gasteiger charge is 2.21. The van der Waals surface area contributed by atoms with E-state index in [-0.39, 0.29) is 16.9 Å². The quantitative estimate of drug-likeness (QED) is 0.813. The smallest absolute Gasteiger partial charge is 0.258 e. The maximum Gasteiger partial charge on any atom is 0.258 e. The van der Waals surface area contributed by atoms with Gasteiger partial charge in [-0.05, 0) is 12.0 Å². The lowest BCUT2D eigenvalue weighted by Crippen LogP contribution is -2.40. The number of thioether (sulfide) groups is 1. The van der Waals surface area contributed by atoms with Gasteiger partial charge in [0.15, 0.2) is 4.96 Å². The van der Waals surface area contributed by atoms with Crippen molar-refractivity contribution in [1.82, 2.24) is 14.3 Å². The molecule has 0 fully saturated rings. The minimum absolute atomic E-state index is 0.0606. The van der Waals surface area contributed by atoms with Crippen LogP contribution in [0.5, 0.6) is 0 Å². The summed E-state index contributed by atoms with van der Waals surface area (Å²) in [5.41, 5.74) is 6.24. The van der Waals surface area contributed by atoms with Gasteiger partial charge in [-0.15, -0.1) is 23.1 Å². The van der Waals surface area contributed by atoms with Gasteiger partial charge in [-0.2, -0.15) is 0 Å². The van der Waals surface area contributed by atoms with E-state index in [1.54, 1.807) is 18.1 Å². The van der Waals surface area contributed by atoms with Gasteiger partial charge in [-0.1, -0.05) is 13.8 Å². The van der Waals surface area contributed by atoms with E-state index in [2.05, 4.69) is 4.98 Å². The maximum absolute atomic E-state index is 12.1. The van der Waals surface area contributed by atoms with E-state index in [4.69, 9.17) is 5.73 Å². The van der Waals surface area contributed by atoms with Crippen molar-refractivity contribution < 1.29 is 4.79 Å². The number of hydrogen-bond acceptors (Lipinski definition) is 6. The van der Waals surface area contributed by atoms with Gasteiger partial charge in [0.2, 0.25) is 5.91 Å². The second-order valence-corrected chi connectivity index (χ2v) is 8.11. The Morgan fingerprint density at radius 2 is 2.26 bits per heavy atom. The Morgan fingerprint density at radius 3 is 2.96 bits per heavy atom. The molecule has 2 aromatic heterocycles. The standard InChI is InChI=1S/C15H22N4O2S2/c1-15(2,9-16)10-18(3)13(21)8-22-7-11-6-12(20)19-4-5-23-14(19)17-11/h4-6H,7-10,16H2,1-3H3. The van der Waals surface area contributed by atoms with Crippen molar-refractivity contribution in [2.75, 3.05) is 25.9 Å². The van der Waals surface area contributed by atoms with Crippen LogP contribution >= 0.6 is 23.1 Å². The van der Waals surface area contributed by atoms with Crippen molar-refractivity contribution in [3.8, 4) is 0 Å². The van der Waals surface area contributed by atoms with E-state index in [0.29, 0.717) is 35.3 Å². The zero-order valence-corrected chi connectivity index (χ0v) is 15.2. The number of rotatable bonds is 7. The average Bonchev–Trinajstić information content (AvgIpc) is 2.95. The molecule has 1 amide bonds. The molecule has 0 unspecified atom stereocenters. The van der Waals surface area contributed by atoms with Gasteiger partial charge in [-0.3, -0.25) is 14.0 Å². The molecule has 2 N–H and O–H groups in total. The lowest BCUT2D eigenvalue weighted by Gasteiger charge is -2.29. The number of fused-ring (bicyclic) bond motifs is 1. The Labute approximate surface area is 143 Å². The van der Waals surface area contributed by atoms with Gasteiger partial charge >= 0.3 is 0 Å². The largest absolute Gasteiger partial charge is 0.344 e. The van der Waals surface area contributed by atoms with Crippen LogP contribution in [0, 0.1) is 5.41 Å². The molecule has 0 aliphatic carbocycles. The predicted octanol–water partition coefficient (Wildman–Crippen LogP) is 1.43. The Hall–Kier alpha value is -1.38. The molecular weight excluding hydrogens is 332 g/mol. The fourth-order valence-corrected chi connectivity index (χ4v) is 3.70. The fourth-order valence-electron chi connectivity index (χ4n) is 2.11. The first-order valence-corrected chi connectivity index (χ1v) is 9.33. The zero-order valence-electron chi connectivity index (χ0n) is 13.6. The van der Waals surface area contributed by atoms with E-state index < -0.39 is 0 Å². The molecule has 2 aromatic rings. The third kappa shape index (κ3) is 4.79. The van der Waals surface area contributed by atoms with Gasteiger partial charge in [0.25, 0.3) is 5.56 Å². The lowest BCUT2D eigenvalue weighted by atomic mass is 9.93. The van der Waals surface area contributed by atoms with Crippen LogP contribution in [0.25, 0.3) is 4.96 Å². The number of aromatic nitrogens is 2. The highest BCUT2D eigenvalue weighted by molar-refractivity contribution is 7.99. The summed E-state index contributed by atoms with van der Waals surface area (Å²) in [5.74, 6) is 0.969. The highest BCUT2D eigenvalue weighted by atomic mass is 32.2. The molecule has 2 heterocycles. The van der Waals surface area contributed by atoms with Crippen LogP contribution in [0.3, 0.4) is 0 Å². The normalized spacial score (nSPS) is 11.8. The molecule has 2 rings (SSSR count). The zero-order chi connectivity index (χ0) is 17.0. The highest BCUT2D eigenvalue weighted by Crippen LogP contribution is 2.16. The van der Waals surface area contributed by atoms with Gasteiger partial charge in [0.1, 0.15) is 0 Å². The van der Waals surface area contributed by atoms with Crippen molar-refractivity contribution >= 4 is 34.0 Å². The first-order chi connectivity index (χ1) is 10.8. The number of nitrogens with two attached hydrogens (primary N) is 1. The number of nitrogens with zero attached hydrogens (tertiary/aromatic N) is 3. The van der Waals surface area contributed by atoms with Crippen LogP contribution < -0.4 is 11.3 Å². The van der Waals surface area contributed by atoms with E-state index >= 15 is 0 Å². The SMILES string of the molecule is CN(CC(C)(C)CN)C(=O)CSCc1cc(=O)n2ccsc2n1. The molecule has 0 spiro atoms. The molecule has 0 aromatic carbocycles. The van der Waals surface area contributed by atoms with Crippen LogP contribution in [-0.2, 0) is 10.5 Å². The van der Waals surface area contributed by atoms with Crippen molar-refractivity contribution in [2.45, 2.75) is 19.6 Å². The van der Waals surface area contributed by atoms with Crippen LogP contribution in [0.4, 0.5) is 0 Å². The molecule has 0 saturated heterocycles. The monoisotopic (exact) mass is 354 g/mol. The number of hydrogen-bond donors (Lipinski definition) is 1. The molecule has 0 atom stereocenters. The molecule has 126 valence electrons. The third-order valence-electron chi connectivity index (χ3n) is 3.48. The number of amides is 1. The molecule has 0 bridgehead atoms. The molecule has 0 radical (unpaired) electrons. The van der Waals surface area contributed by atoms with Gasteiger partial charge < -0.3 is 10.6 Å². The first kappa shape index (κ1) is 18.0. The maximum atomic E-state index is 12.1. The first-order valence-electron chi connectivity index (χ1n) is 7.30. The summed E-state index contributed by atoms with van der Waals surface area (Å²) in [5, 5.41) is 1.83. The fraction of sp³-hybridized carbons (Fsp3) is 0.533. The molecule has 0 saturated carbocycles. The second kappa shape index (κ2) is 7.46. The Bertz CT molecular complexity index is 738. The van der Waals surface area contributed by atoms with E-state index in [9.17, 15) is 9.59 Å². The summed E-state index contributed by atoms with van der Waals surface area (Å²) in [6.07, 6.45) is 1.71. The number of carbonyl (C=O) groups is 1. The van der Waals surface area contributed by atoms with Crippen LogP contribution in [0.1, 0.15) is 19.5 Å². The third-order valence-corrected chi connectivity index (χ3v) is 5.18. The summed E-state index contributed by atoms with van der Waals surface area (Å²) < 4.78 is 1.52. The van der Waals surface area contributed by atoms with E-state index in [1.165, 1.54) is 33.6 Å². The minimum Gasteiger partial charge on any atom is -0.344 e. The van der Waals surface area contributed by atoms with Crippen molar-refractivity contribution in [1.29, 1.82) is 0 Å². The Kier molecular flexibility index (Phi) is 5.83. The van der Waals surface area contributed by atoms with Crippen molar-refractivity contribution in [3.63, 3.8) is 0 Å². The van der Waals surface area contributed by atoms with Crippen molar-refractivity contribution in [3.05, 3.63) is 33.7 Å². The number of carbonyl (C=O) groups excluding carboxylic acids is 1. The second-order valence-electron chi connectivity index (χ2n) is 6.25. The summed E-state index contributed by atoms with van der Waals surface area (Å²) in [6.45, 7) is 5.24. The molecule has 8 heteroatoms. The lowest BCUT2D eigenvalue weighted by molar-refractivity contribution is -0.128. The molecule has 0 aliphatic heterocycles. The van der Waals surface area contributed by atoms with Crippen LogP contribution in [0.2, 0.25) is 0 Å². The number of thiazole rings is 1. The van der Waals surface area contributed by atoms with Gasteiger partial charge in [-0.25, -0.2) is 4.98 Å². The summed E-state index contributed by atoms with van der Waals surface area (Å²) in [4.78, 5) is 30.9. The van der Waals surface area contributed by atoms with Gasteiger partial charge in [0, 0.05) is 37.0 Å². The topological polar surface area (TPSA) is 80.7 Å². The molecule has 6 nitrogen and oxygen atoms in total. The summed E-state index contributed by atoms with van der Waals surface area (Å²) in [7, 11) is 1.79. The predicted molar refractivity (Wildman–Crippen MR) is 96.0 cm³/mol. The van der Waals surface area contributed by atoms with Crippen LogP contribution in [0.15, 0.2) is 22.4 Å². The Balaban J connectivity index is 1.88. The van der Waals surface area contributed by atoms with E-state index in [0.717, 1.165) is 0 Å². The van der Waals surface area contributed by atoms with Crippen molar-refractivity contribution in [2.24, 2.45) is 11.1 Å².